The van der Waals surface area contributed by atoms with E-state index in [4.69, 9.17) is 5.73 Å². The number of rotatable bonds is 3. The predicted octanol–water partition coefficient (Wildman–Crippen LogP) is 3.07. The maximum absolute atomic E-state index is 15.1. The lowest BCUT2D eigenvalue weighted by molar-refractivity contribution is -0.134. The van der Waals surface area contributed by atoms with Crippen LogP contribution < -0.4 is 10.6 Å². The SMILES string of the molecule is NC1[C@H]2CC(C3=NC4=CC(C=C3F)C(=O)C(C(=O)O)=CN4c3ccc(F)cc3F)C[C@@H]12. The van der Waals surface area contributed by atoms with Crippen molar-refractivity contribution in [2.24, 2.45) is 34.4 Å². The molecule has 4 aliphatic rings. The van der Waals surface area contributed by atoms with Crippen molar-refractivity contribution in [1.82, 2.24) is 0 Å². The summed E-state index contributed by atoms with van der Waals surface area (Å²) in [7, 11) is 0. The topological polar surface area (TPSA) is 96.0 Å². The van der Waals surface area contributed by atoms with E-state index in [1.807, 2.05) is 0 Å². The van der Waals surface area contributed by atoms with Gasteiger partial charge in [-0.3, -0.25) is 9.69 Å². The molecule has 2 saturated carbocycles. The number of hydrogen-bond donors (Lipinski definition) is 2. The van der Waals surface area contributed by atoms with Crippen molar-refractivity contribution in [3.63, 3.8) is 0 Å². The highest BCUT2D eigenvalue weighted by molar-refractivity contribution is 6.19. The highest BCUT2D eigenvalue weighted by atomic mass is 19.1. The number of carboxylic acid groups (broad SMARTS) is 1. The molecule has 6 nitrogen and oxygen atoms in total. The summed E-state index contributed by atoms with van der Waals surface area (Å²) in [4.78, 5) is 29.9. The quantitative estimate of drug-likeness (QED) is 0.720. The number of halogens is 3. The van der Waals surface area contributed by atoms with Gasteiger partial charge in [0.1, 0.15) is 28.9 Å². The molecule has 5 atom stereocenters. The van der Waals surface area contributed by atoms with Gasteiger partial charge in [-0.25, -0.2) is 23.0 Å². The Morgan fingerprint density at radius 1 is 1.16 bits per heavy atom. The summed E-state index contributed by atoms with van der Waals surface area (Å²) in [5, 5.41) is 9.50. The van der Waals surface area contributed by atoms with Crippen molar-refractivity contribution in [3.05, 3.63) is 65.4 Å². The van der Waals surface area contributed by atoms with Gasteiger partial charge in [0, 0.05) is 24.2 Å². The van der Waals surface area contributed by atoms with E-state index in [2.05, 4.69) is 4.99 Å². The fourth-order valence-electron chi connectivity index (χ4n) is 4.82. The van der Waals surface area contributed by atoms with E-state index in [0.29, 0.717) is 30.7 Å². The number of nitrogens with two attached hydrogens (primary N) is 1. The molecule has 2 bridgehead atoms. The molecular formula is C22H18F3N3O3. The zero-order chi connectivity index (χ0) is 22.0. The van der Waals surface area contributed by atoms with E-state index in [1.54, 1.807) is 0 Å². The van der Waals surface area contributed by atoms with Crippen molar-refractivity contribution >= 4 is 23.2 Å². The first-order valence-electron chi connectivity index (χ1n) is 9.92. The van der Waals surface area contributed by atoms with Crippen LogP contribution in [0, 0.1) is 35.3 Å². The third-order valence-corrected chi connectivity index (χ3v) is 6.51. The third-order valence-electron chi connectivity index (χ3n) is 6.51. The fourth-order valence-corrected chi connectivity index (χ4v) is 4.82. The van der Waals surface area contributed by atoms with Crippen LogP contribution >= 0.6 is 0 Å². The second-order valence-electron chi connectivity index (χ2n) is 8.31. The maximum atomic E-state index is 15.1. The molecule has 0 spiro atoms. The lowest BCUT2D eigenvalue weighted by Gasteiger charge is -2.23. The molecule has 1 aromatic carbocycles. The lowest BCUT2D eigenvalue weighted by Crippen LogP contribution is -2.24. The Morgan fingerprint density at radius 3 is 2.52 bits per heavy atom. The number of allylic oxidation sites excluding steroid dienone is 3. The second kappa shape index (κ2) is 6.91. The lowest BCUT2D eigenvalue weighted by atomic mass is 9.93. The zero-order valence-electron chi connectivity index (χ0n) is 16.1. The van der Waals surface area contributed by atoms with E-state index < -0.39 is 40.7 Å². The van der Waals surface area contributed by atoms with Gasteiger partial charge >= 0.3 is 5.97 Å². The molecule has 0 saturated heterocycles. The summed E-state index contributed by atoms with van der Waals surface area (Å²) in [5.41, 5.74) is 5.25. The third kappa shape index (κ3) is 3.20. The molecule has 31 heavy (non-hydrogen) atoms. The monoisotopic (exact) mass is 429 g/mol. The summed E-state index contributed by atoms with van der Waals surface area (Å²) in [6, 6.07) is 2.87. The smallest absolute Gasteiger partial charge is 0.340 e. The summed E-state index contributed by atoms with van der Waals surface area (Å²) in [5.74, 6) is -5.68. The molecule has 0 aromatic heterocycles. The number of nitrogens with zero attached hydrogens (tertiary/aromatic N) is 2. The molecule has 2 aliphatic carbocycles. The first-order chi connectivity index (χ1) is 14.7. The van der Waals surface area contributed by atoms with Crippen LogP contribution in [0.15, 0.2) is 58.8 Å². The number of hydrogen-bond acceptors (Lipinski definition) is 5. The average Bonchev–Trinajstić information content (AvgIpc) is 3.18. The van der Waals surface area contributed by atoms with E-state index in [1.165, 1.54) is 6.08 Å². The highest BCUT2D eigenvalue weighted by Gasteiger charge is 2.55. The van der Waals surface area contributed by atoms with Crippen LogP contribution in [0.4, 0.5) is 18.9 Å². The van der Waals surface area contributed by atoms with Gasteiger partial charge in [0.15, 0.2) is 5.78 Å². The van der Waals surface area contributed by atoms with Crippen LogP contribution in [-0.4, -0.2) is 28.6 Å². The van der Waals surface area contributed by atoms with Crippen LogP contribution in [-0.2, 0) is 9.59 Å². The van der Waals surface area contributed by atoms with Crippen molar-refractivity contribution in [2.45, 2.75) is 18.9 Å². The molecule has 0 radical (unpaired) electrons. The molecule has 2 aliphatic heterocycles. The number of fused-ring (bicyclic) bond motifs is 2. The largest absolute Gasteiger partial charge is 0.478 e. The number of aliphatic carboxylic acids is 1. The molecule has 3 N–H and O–H groups in total. The van der Waals surface area contributed by atoms with E-state index in [9.17, 15) is 23.5 Å². The Kier molecular flexibility index (Phi) is 4.40. The van der Waals surface area contributed by atoms with Crippen molar-refractivity contribution in [1.29, 1.82) is 0 Å². The number of Topliss-reactive ketones (excluding diaryl/α,β-unsaturated/α-hetero) is 1. The Hall–Kier alpha value is -3.20. The maximum Gasteiger partial charge on any atom is 0.340 e. The molecule has 9 heteroatoms. The Balaban J connectivity index is 1.63. The summed E-state index contributed by atoms with van der Waals surface area (Å²) < 4.78 is 43.1. The van der Waals surface area contributed by atoms with Gasteiger partial charge in [-0.15, -0.1) is 0 Å². The minimum atomic E-state index is -1.54. The van der Waals surface area contributed by atoms with Gasteiger partial charge in [-0.2, -0.15) is 0 Å². The minimum absolute atomic E-state index is 0.00359. The van der Waals surface area contributed by atoms with Gasteiger partial charge in [0.2, 0.25) is 0 Å². The molecule has 0 amide bonds. The van der Waals surface area contributed by atoms with Gasteiger partial charge in [0.25, 0.3) is 0 Å². The normalized spacial score (nSPS) is 31.7. The van der Waals surface area contributed by atoms with Crippen molar-refractivity contribution in [3.8, 4) is 0 Å². The average molecular weight is 429 g/mol. The van der Waals surface area contributed by atoms with E-state index >= 15 is 4.39 Å². The van der Waals surface area contributed by atoms with Crippen LogP contribution in [0.3, 0.4) is 0 Å². The first kappa shape index (κ1) is 19.7. The number of anilines is 1. The summed E-state index contributed by atoms with van der Waals surface area (Å²) >= 11 is 0. The number of ketones is 1. The van der Waals surface area contributed by atoms with Crippen LogP contribution in [0.25, 0.3) is 0 Å². The molecule has 2 heterocycles. The van der Waals surface area contributed by atoms with Gasteiger partial charge in [-0.05, 0) is 49.0 Å². The van der Waals surface area contributed by atoms with Gasteiger partial charge in [0.05, 0.1) is 17.3 Å². The first-order valence-corrected chi connectivity index (χ1v) is 9.92. The van der Waals surface area contributed by atoms with Gasteiger partial charge in [-0.1, -0.05) is 0 Å². The van der Waals surface area contributed by atoms with Crippen LogP contribution in [0.5, 0.6) is 0 Å². The number of benzene rings is 1. The Morgan fingerprint density at radius 2 is 1.87 bits per heavy atom. The van der Waals surface area contributed by atoms with Gasteiger partial charge < -0.3 is 10.8 Å². The van der Waals surface area contributed by atoms with E-state index in [0.717, 1.165) is 29.3 Å². The number of carbonyl (C=O) groups is 2. The van der Waals surface area contributed by atoms with Crippen LogP contribution in [0.1, 0.15) is 12.8 Å². The number of carbonyl (C=O) groups excluding carboxylic acids is 1. The fraction of sp³-hybridized carbons (Fsp3) is 0.318. The Labute approximate surface area is 175 Å². The van der Waals surface area contributed by atoms with Crippen LogP contribution in [0.2, 0.25) is 0 Å². The Bertz CT molecular complexity index is 1130. The zero-order valence-corrected chi connectivity index (χ0v) is 16.1. The molecule has 2 fully saturated rings. The minimum Gasteiger partial charge on any atom is -0.478 e. The second-order valence-corrected chi connectivity index (χ2v) is 8.31. The molecule has 160 valence electrons. The van der Waals surface area contributed by atoms with E-state index in [-0.39, 0.29) is 29.2 Å². The molecule has 5 rings (SSSR count). The molecular weight excluding hydrogens is 411 g/mol. The van der Waals surface area contributed by atoms with Crippen molar-refractivity contribution in [2.75, 3.05) is 4.90 Å². The molecule has 3 unspecified atom stereocenters. The highest BCUT2D eigenvalue weighted by Crippen LogP contribution is 2.54. The number of carboxylic acids is 1. The predicted molar refractivity (Wildman–Crippen MR) is 105 cm³/mol. The summed E-state index contributed by atoms with van der Waals surface area (Å²) in [6.45, 7) is 0. The number of aliphatic imine (C=N–C) groups is 1. The van der Waals surface area contributed by atoms with Crippen molar-refractivity contribution < 1.29 is 27.9 Å². The standard InChI is InChI=1S/C22H18F3N3O3/c23-11-1-2-17(15(24)7-11)28-8-14(22(30)31)21(29)10-5-16(25)20(27-18(28)6-10)9-3-12-13(4-9)19(12)26/h1-2,5-10,12-13,19H,3-4,26H2,(H,30,31)/t9?,10?,12-,13+,19?. The summed E-state index contributed by atoms with van der Waals surface area (Å²) in [6.07, 6.45) is 4.63. The molecule has 1 aromatic rings.